The molecule has 1 aliphatic heterocycles. The van der Waals surface area contributed by atoms with E-state index >= 15 is 0 Å². The van der Waals surface area contributed by atoms with Crippen LogP contribution in [0.25, 0.3) is 10.2 Å². The first-order valence-electron chi connectivity index (χ1n) is 12.0. The number of methoxy groups -OCH3 is 1. The fourth-order valence-corrected chi connectivity index (χ4v) is 8.48. The molecule has 0 aliphatic carbocycles. The summed E-state index contributed by atoms with van der Waals surface area (Å²) in [6.07, 6.45) is 0.940. The summed E-state index contributed by atoms with van der Waals surface area (Å²) in [4.78, 5) is 22.6. The van der Waals surface area contributed by atoms with E-state index in [-0.39, 0.29) is 16.0 Å². The van der Waals surface area contributed by atoms with Crippen LogP contribution in [0.2, 0.25) is 4.34 Å². The van der Waals surface area contributed by atoms with Crippen molar-refractivity contribution < 1.29 is 17.9 Å². The Morgan fingerprint density at radius 1 is 1.14 bits per heavy atom. The minimum atomic E-state index is -3.60. The fourth-order valence-electron chi connectivity index (χ4n) is 4.34. The second-order valence-corrected chi connectivity index (χ2v) is 13.5. The summed E-state index contributed by atoms with van der Waals surface area (Å²) in [6.45, 7) is 7.89. The highest BCUT2D eigenvalue weighted by Crippen LogP contribution is 2.34. The van der Waals surface area contributed by atoms with Gasteiger partial charge < -0.3 is 9.64 Å². The molecule has 3 aromatic rings. The average molecular weight is 571 g/mol. The van der Waals surface area contributed by atoms with Gasteiger partial charge in [0.1, 0.15) is 9.96 Å². The van der Waals surface area contributed by atoms with Crippen molar-refractivity contribution in [1.82, 2.24) is 14.2 Å². The minimum Gasteiger partial charge on any atom is -0.497 e. The molecule has 1 aromatic carbocycles. The van der Waals surface area contributed by atoms with Gasteiger partial charge in [0.2, 0.25) is 5.91 Å². The lowest BCUT2D eigenvalue weighted by Gasteiger charge is -2.33. The molecular weight excluding hydrogens is 540 g/mol. The Kier molecular flexibility index (Phi) is 8.90. The molecule has 0 spiro atoms. The molecule has 0 saturated carbocycles. The van der Waals surface area contributed by atoms with Crippen molar-refractivity contribution in [3.05, 3.63) is 34.7 Å². The highest BCUT2D eigenvalue weighted by atomic mass is 35.5. The number of benzene rings is 1. The lowest BCUT2D eigenvalue weighted by molar-refractivity contribution is -0.123. The Balaban J connectivity index is 1.52. The summed E-state index contributed by atoms with van der Waals surface area (Å²) >= 11 is 8.48. The van der Waals surface area contributed by atoms with Crippen LogP contribution in [0.15, 0.2) is 34.5 Å². The summed E-state index contributed by atoms with van der Waals surface area (Å²) in [6, 6.07) is 8.84. The van der Waals surface area contributed by atoms with Crippen LogP contribution in [-0.2, 0) is 14.8 Å². The Hall–Kier alpha value is -1.76. The van der Waals surface area contributed by atoms with E-state index < -0.39 is 10.0 Å². The van der Waals surface area contributed by atoms with E-state index in [4.69, 9.17) is 21.3 Å². The molecule has 4 rings (SSSR count). The van der Waals surface area contributed by atoms with Gasteiger partial charge >= 0.3 is 0 Å². The van der Waals surface area contributed by atoms with Crippen LogP contribution in [0.1, 0.15) is 26.7 Å². The van der Waals surface area contributed by atoms with E-state index in [1.165, 1.54) is 21.7 Å². The SMILES string of the molecule is CCN(CC)CCN(C(=O)C1CCN(S(=O)(=O)c2ccc(Cl)s2)CC1)c1nc2ccc(OC)cc2s1. The molecule has 0 N–H and O–H groups in total. The van der Waals surface area contributed by atoms with E-state index in [0.717, 1.165) is 46.9 Å². The number of piperidine rings is 1. The number of nitrogens with zero attached hydrogens (tertiary/aromatic N) is 4. The number of aromatic nitrogens is 1. The Labute approximate surface area is 225 Å². The molecule has 0 radical (unpaired) electrons. The Bertz CT molecular complexity index is 1300. The molecular formula is C24H31ClN4O4S3. The van der Waals surface area contributed by atoms with Crippen LogP contribution in [0.5, 0.6) is 5.75 Å². The second-order valence-electron chi connectivity index (χ2n) is 8.58. The number of thiophene rings is 1. The van der Waals surface area contributed by atoms with Crippen molar-refractivity contribution >= 4 is 65.6 Å². The minimum absolute atomic E-state index is 0.00407. The van der Waals surface area contributed by atoms with Crippen LogP contribution in [0.4, 0.5) is 5.13 Å². The molecule has 3 heterocycles. The molecule has 0 bridgehead atoms. The van der Waals surface area contributed by atoms with Crippen LogP contribution < -0.4 is 9.64 Å². The zero-order valence-electron chi connectivity index (χ0n) is 20.6. The maximum absolute atomic E-state index is 13.8. The number of fused-ring (bicyclic) bond motifs is 1. The van der Waals surface area contributed by atoms with Crippen LogP contribution >= 0.6 is 34.3 Å². The largest absolute Gasteiger partial charge is 0.497 e. The summed E-state index contributed by atoms with van der Waals surface area (Å²) in [5.74, 6) is 0.491. The first kappa shape index (κ1) is 27.3. The smallest absolute Gasteiger partial charge is 0.252 e. The number of hydrogen-bond donors (Lipinski definition) is 0. The fraction of sp³-hybridized carbons (Fsp3) is 0.500. The molecule has 1 amide bonds. The molecule has 196 valence electrons. The van der Waals surface area contributed by atoms with Gasteiger partial charge in [0.05, 0.1) is 21.7 Å². The van der Waals surface area contributed by atoms with Crippen molar-refractivity contribution in [1.29, 1.82) is 0 Å². The monoisotopic (exact) mass is 570 g/mol. The summed E-state index contributed by atoms with van der Waals surface area (Å²) in [5, 5.41) is 0.665. The maximum Gasteiger partial charge on any atom is 0.252 e. The summed E-state index contributed by atoms with van der Waals surface area (Å²) in [7, 11) is -1.97. The van der Waals surface area contributed by atoms with Crippen molar-refractivity contribution in [2.45, 2.75) is 30.9 Å². The van der Waals surface area contributed by atoms with Gasteiger partial charge in [0.25, 0.3) is 10.0 Å². The number of anilines is 1. The molecule has 36 heavy (non-hydrogen) atoms. The number of sulfonamides is 1. The van der Waals surface area contributed by atoms with Crippen molar-refractivity contribution in [2.24, 2.45) is 5.92 Å². The Morgan fingerprint density at radius 2 is 1.86 bits per heavy atom. The number of hydrogen-bond acceptors (Lipinski definition) is 8. The lowest BCUT2D eigenvalue weighted by atomic mass is 9.96. The van der Waals surface area contributed by atoms with Gasteiger partial charge in [0, 0.05) is 32.1 Å². The van der Waals surface area contributed by atoms with Gasteiger partial charge in [0.15, 0.2) is 5.13 Å². The number of carbonyl (C=O) groups is 1. The topological polar surface area (TPSA) is 83.0 Å². The number of halogens is 1. The molecule has 8 nitrogen and oxygen atoms in total. The van der Waals surface area contributed by atoms with Gasteiger partial charge in [-0.1, -0.05) is 36.8 Å². The molecule has 1 saturated heterocycles. The molecule has 2 aromatic heterocycles. The van der Waals surface area contributed by atoms with Crippen LogP contribution in [-0.4, -0.2) is 74.9 Å². The number of amides is 1. The number of rotatable bonds is 10. The van der Waals surface area contributed by atoms with Gasteiger partial charge in [-0.3, -0.25) is 9.69 Å². The first-order valence-corrected chi connectivity index (χ1v) is 15.5. The first-order chi connectivity index (χ1) is 17.3. The standard InChI is InChI=1S/C24H31ClN4O4S3/c1-4-27(5-2)14-15-29(24-26-19-7-6-18(33-3)16-20(19)34-24)23(30)17-10-12-28(13-11-17)36(31,32)22-9-8-21(25)35-22/h6-9,16-17H,4-5,10-15H2,1-3H3. The van der Waals surface area contributed by atoms with Crippen molar-refractivity contribution in [3.63, 3.8) is 0 Å². The number of ether oxygens (including phenoxy) is 1. The van der Waals surface area contributed by atoms with Gasteiger partial charge in [-0.25, -0.2) is 13.4 Å². The van der Waals surface area contributed by atoms with E-state index in [2.05, 4.69) is 18.7 Å². The predicted molar refractivity (Wildman–Crippen MR) is 147 cm³/mol. The zero-order chi connectivity index (χ0) is 25.9. The van der Waals surface area contributed by atoms with Gasteiger partial charge in [-0.15, -0.1) is 11.3 Å². The van der Waals surface area contributed by atoms with Crippen molar-refractivity contribution in [3.8, 4) is 5.75 Å². The lowest BCUT2D eigenvalue weighted by Crippen LogP contribution is -2.46. The maximum atomic E-state index is 13.8. The molecule has 0 unspecified atom stereocenters. The third kappa shape index (κ3) is 5.87. The molecule has 12 heteroatoms. The van der Waals surface area contributed by atoms with E-state index in [9.17, 15) is 13.2 Å². The molecule has 1 fully saturated rings. The predicted octanol–water partition coefficient (Wildman–Crippen LogP) is 4.80. The Morgan fingerprint density at radius 3 is 2.47 bits per heavy atom. The molecule has 0 atom stereocenters. The highest BCUT2D eigenvalue weighted by Gasteiger charge is 2.35. The summed E-state index contributed by atoms with van der Waals surface area (Å²) in [5.41, 5.74) is 0.826. The number of carbonyl (C=O) groups excluding carboxylic acids is 1. The van der Waals surface area contributed by atoms with E-state index in [0.29, 0.717) is 41.9 Å². The highest BCUT2D eigenvalue weighted by molar-refractivity contribution is 7.91. The van der Waals surface area contributed by atoms with Gasteiger partial charge in [-0.05, 0) is 56.3 Å². The van der Waals surface area contributed by atoms with Crippen LogP contribution in [0.3, 0.4) is 0 Å². The second kappa shape index (κ2) is 11.7. The number of thiazole rings is 1. The third-order valence-electron chi connectivity index (χ3n) is 6.56. The van der Waals surface area contributed by atoms with E-state index in [1.54, 1.807) is 18.1 Å². The average Bonchev–Trinajstić information content (AvgIpc) is 3.52. The van der Waals surface area contributed by atoms with E-state index in [1.807, 2.05) is 18.2 Å². The zero-order valence-corrected chi connectivity index (χ0v) is 23.9. The van der Waals surface area contributed by atoms with Crippen LogP contribution in [0, 0.1) is 5.92 Å². The van der Waals surface area contributed by atoms with Crippen molar-refractivity contribution in [2.75, 3.05) is 51.3 Å². The molecule has 1 aliphatic rings. The quantitative estimate of drug-likeness (QED) is 0.348. The third-order valence-corrected chi connectivity index (χ3v) is 11.2. The summed E-state index contributed by atoms with van der Waals surface area (Å²) < 4.78 is 34.4. The van der Waals surface area contributed by atoms with Gasteiger partial charge in [-0.2, -0.15) is 4.31 Å². The number of likely N-dealkylation sites (N-methyl/N-ethyl adjacent to an activating group) is 1. The normalized spacial score (nSPS) is 15.6.